The topological polar surface area (TPSA) is 29.1 Å². The number of nitrogens with one attached hydrogen (secondary N) is 1. The van der Waals surface area contributed by atoms with Crippen LogP contribution in [0.5, 0.6) is 0 Å². The molecule has 2 aromatic rings. The monoisotopic (exact) mass is 375 g/mol. The molecule has 0 spiro atoms. The Hall–Kier alpha value is -2.30. The number of amides is 1. The minimum absolute atomic E-state index is 0.0715. The highest BCUT2D eigenvalue weighted by atomic mass is 19.4. The maximum atomic E-state index is 12.8. The molecule has 1 N–H and O–H groups in total. The first-order valence-electron chi connectivity index (χ1n) is 9.11. The van der Waals surface area contributed by atoms with Crippen LogP contribution in [0.2, 0.25) is 0 Å². The summed E-state index contributed by atoms with van der Waals surface area (Å²) < 4.78 is 38.3. The van der Waals surface area contributed by atoms with Gasteiger partial charge in [-0.15, -0.1) is 0 Å². The molecule has 0 radical (unpaired) electrons. The molecule has 2 aromatic carbocycles. The minimum Gasteiger partial charge on any atom is -0.355 e. The third-order valence-corrected chi connectivity index (χ3v) is 5.25. The summed E-state index contributed by atoms with van der Waals surface area (Å²) in [5.74, 6) is -0.422. The minimum atomic E-state index is -4.37. The van der Waals surface area contributed by atoms with E-state index in [0.29, 0.717) is 18.5 Å². The average molecular weight is 375 g/mol. The summed E-state index contributed by atoms with van der Waals surface area (Å²) in [7, 11) is 0. The van der Waals surface area contributed by atoms with E-state index in [-0.39, 0.29) is 17.2 Å². The van der Waals surface area contributed by atoms with Gasteiger partial charge in [-0.1, -0.05) is 57.2 Å². The Bertz CT molecular complexity index is 801. The van der Waals surface area contributed by atoms with Crippen LogP contribution in [0.15, 0.2) is 48.5 Å². The van der Waals surface area contributed by atoms with E-state index in [4.69, 9.17) is 0 Å². The Morgan fingerprint density at radius 3 is 1.89 bits per heavy atom. The zero-order valence-electron chi connectivity index (χ0n) is 15.7. The van der Waals surface area contributed by atoms with Gasteiger partial charge in [0.15, 0.2) is 0 Å². The lowest BCUT2D eigenvalue weighted by atomic mass is 9.80. The van der Waals surface area contributed by atoms with Crippen LogP contribution in [0.4, 0.5) is 13.2 Å². The molecule has 5 heteroatoms. The van der Waals surface area contributed by atoms with Gasteiger partial charge in [-0.25, -0.2) is 0 Å². The molecule has 1 aliphatic heterocycles. The van der Waals surface area contributed by atoms with Crippen LogP contribution in [0.3, 0.4) is 0 Å². The van der Waals surface area contributed by atoms with Crippen LogP contribution in [0.25, 0.3) is 0 Å². The summed E-state index contributed by atoms with van der Waals surface area (Å²) in [5.41, 5.74) is 2.38. The van der Waals surface area contributed by atoms with E-state index in [9.17, 15) is 18.0 Å². The number of piperidine rings is 1. The third kappa shape index (κ3) is 4.34. The Morgan fingerprint density at radius 1 is 0.852 bits per heavy atom. The quantitative estimate of drug-likeness (QED) is 0.749. The second-order valence-corrected chi connectivity index (χ2v) is 8.22. The summed E-state index contributed by atoms with van der Waals surface area (Å²) in [6.45, 7) is 7.02. The zero-order chi connectivity index (χ0) is 19.8. The van der Waals surface area contributed by atoms with E-state index >= 15 is 0 Å². The van der Waals surface area contributed by atoms with E-state index in [1.165, 1.54) is 17.7 Å². The summed E-state index contributed by atoms with van der Waals surface area (Å²) in [6, 6.07) is 13.3. The molecule has 2 atom stereocenters. The zero-order valence-corrected chi connectivity index (χ0v) is 15.7. The van der Waals surface area contributed by atoms with Crippen molar-refractivity contribution in [2.75, 3.05) is 6.54 Å². The largest absolute Gasteiger partial charge is 0.416 e. The lowest BCUT2D eigenvalue weighted by Gasteiger charge is -2.30. The van der Waals surface area contributed by atoms with Gasteiger partial charge in [-0.05, 0) is 40.7 Å². The molecule has 3 rings (SSSR count). The number of alkyl halides is 3. The van der Waals surface area contributed by atoms with Crippen molar-refractivity contribution >= 4 is 5.91 Å². The number of benzene rings is 2. The Morgan fingerprint density at radius 2 is 1.37 bits per heavy atom. The number of hydrogen-bond acceptors (Lipinski definition) is 1. The molecular formula is C22H24F3NO. The molecule has 2 unspecified atom stereocenters. The molecule has 1 saturated heterocycles. The number of hydrogen-bond donors (Lipinski definition) is 1. The predicted molar refractivity (Wildman–Crippen MR) is 99.7 cm³/mol. The van der Waals surface area contributed by atoms with Crippen molar-refractivity contribution in [2.24, 2.45) is 0 Å². The smallest absolute Gasteiger partial charge is 0.355 e. The lowest BCUT2D eigenvalue weighted by molar-refractivity contribution is -0.137. The van der Waals surface area contributed by atoms with E-state index in [0.717, 1.165) is 17.7 Å². The van der Waals surface area contributed by atoms with Crippen molar-refractivity contribution in [3.05, 3.63) is 70.8 Å². The fraction of sp³-hybridized carbons (Fsp3) is 0.409. The molecule has 1 heterocycles. The predicted octanol–water partition coefficient (Wildman–Crippen LogP) is 5.39. The van der Waals surface area contributed by atoms with Gasteiger partial charge in [0.25, 0.3) is 0 Å². The SMILES string of the molecule is CC(C)(C)c1ccc(C2CNC(=O)C(c3ccc(C(F)(F)F)cc3)C2)cc1. The highest BCUT2D eigenvalue weighted by molar-refractivity contribution is 5.84. The van der Waals surface area contributed by atoms with Crippen LogP contribution in [-0.4, -0.2) is 12.5 Å². The number of halogens is 3. The molecule has 1 aliphatic rings. The Labute approximate surface area is 157 Å². The van der Waals surface area contributed by atoms with Gasteiger partial charge < -0.3 is 5.32 Å². The van der Waals surface area contributed by atoms with Gasteiger partial charge in [-0.2, -0.15) is 13.2 Å². The van der Waals surface area contributed by atoms with Gasteiger partial charge in [-0.3, -0.25) is 4.79 Å². The first-order valence-corrected chi connectivity index (χ1v) is 9.11. The molecule has 0 aromatic heterocycles. The van der Waals surface area contributed by atoms with Crippen molar-refractivity contribution in [3.63, 3.8) is 0 Å². The van der Waals surface area contributed by atoms with Gasteiger partial charge in [0.2, 0.25) is 5.91 Å². The van der Waals surface area contributed by atoms with E-state index in [1.807, 2.05) is 0 Å². The summed E-state index contributed by atoms with van der Waals surface area (Å²) >= 11 is 0. The molecular weight excluding hydrogens is 351 g/mol. The van der Waals surface area contributed by atoms with E-state index in [2.05, 4.69) is 50.4 Å². The molecule has 1 fully saturated rings. The second-order valence-electron chi connectivity index (χ2n) is 8.22. The fourth-order valence-corrected chi connectivity index (χ4v) is 3.52. The van der Waals surface area contributed by atoms with E-state index in [1.54, 1.807) is 0 Å². The van der Waals surface area contributed by atoms with Crippen molar-refractivity contribution in [1.29, 1.82) is 0 Å². The van der Waals surface area contributed by atoms with Crippen LogP contribution in [0.1, 0.15) is 61.3 Å². The third-order valence-electron chi connectivity index (χ3n) is 5.25. The first kappa shape index (κ1) is 19.5. The van der Waals surface area contributed by atoms with Crippen LogP contribution < -0.4 is 5.32 Å². The maximum absolute atomic E-state index is 12.8. The standard InChI is InChI=1S/C22H24F3NO/c1-21(2,3)17-8-4-14(5-9-17)16-12-19(20(27)26-13-16)15-6-10-18(11-7-15)22(23,24)25/h4-11,16,19H,12-13H2,1-3H3,(H,26,27). The molecule has 0 saturated carbocycles. The van der Waals surface area contributed by atoms with Gasteiger partial charge >= 0.3 is 6.18 Å². The summed E-state index contributed by atoms with van der Waals surface area (Å²) in [4.78, 5) is 12.3. The number of carbonyl (C=O) groups is 1. The van der Waals surface area contributed by atoms with Crippen molar-refractivity contribution in [2.45, 2.75) is 50.6 Å². The fourth-order valence-electron chi connectivity index (χ4n) is 3.52. The van der Waals surface area contributed by atoms with Crippen LogP contribution >= 0.6 is 0 Å². The molecule has 144 valence electrons. The molecule has 1 amide bonds. The molecule has 0 bridgehead atoms. The maximum Gasteiger partial charge on any atom is 0.416 e. The van der Waals surface area contributed by atoms with E-state index < -0.39 is 17.7 Å². The highest BCUT2D eigenvalue weighted by Gasteiger charge is 2.33. The molecule has 0 aliphatic carbocycles. The van der Waals surface area contributed by atoms with Crippen molar-refractivity contribution in [3.8, 4) is 0 Å². The van der Waals surface area contributed by atoms with Crippen LogP contribution in [0, 0.1) is 0 Å². The average Bonchev–Trinajstić information content (AvgIpc) is 2.61. The van der Waals surface area contributed by atoms with Crippen molar-refractivity contribution in [1.82, 2.24) is 5.32 Å². The van der Waals surface area contributed by atoms with Crippen LogP contribution in [-0.2, 0) is 16.4 Å². The summed E-state index contributed by atoms with van der Waals surface area (Å²) in [5, 5.41) is 2.91. The lowest BCUT2D eigenvalue weighted by Crippen LogP contribution is -2.39. The first-order chi connectivity index (χ1) is 12.6. The summed E-state index contributed by atoms with van der Waals surface area (Å²) in [6.07, 6.45) is -3.78. The molecule has 27 heavy (non-hydrogen) atoms. The van der Waals surface area contributed by atoms with Crippen molar-refractivity contribution < 1.29 is 18.0 Å². The number of carbonyl (C=O) groups excluding carboxylic acids is 1. The normalized spacial score (nSPS) is 21.0. The van der Waals surface area contributed by atoms with Gasteiger partial charge in [0.05, 0.1) is 11.5 Å². The Kier molecular flexibility index (Phi) is 5.06. The highest BCUT2D eigenvalue weighted by Crippen LogP contribution is 2.36. The molecule has 2 nitrogen and oxygen atoms in total. The van der Waals surface area contributed by atoms with Gasteiger partial charge in [0, 0.05) is 12.5 Å². The number of rotatable bonds is 2. The Balaban J connectivity index is 1.79. The van der Waals surface area contributed by atoms with Gasteiger partial charge in [0.1, 0.15) is 0 Å². The second kappa shape index (κ2) is 7.02.